The van der Waals surface area contributed by atoms with Crippen LogP contribution in [0.4, 0.5) is 10.1 Å². The summed E-state index contributed by atoms with van der Waals surface area (Å²) in [6, 6.07) is 9.54. The molecule has 1 amide bonds. The number of carbonyl (C=O) groups is 1. The van der Waals surface area contributed by atoms with E-state index in [1.807, 2.05) is 0 Å². The summed E-state index contributed by atoms with van der Waals surface area (Å²) < 4.78 is 25.5. The summed E-state index contributed by atoms with van der Waals surface area (Å²) in [5, 5.41) is 2.87. The number of anilines is 1. The van der Waals surface area contributed by atoms with Gasteiger partial charge in [-0.1, -0.05) is 17.8 Å². The quantitative estimate of drug-likeness (QED) is 0.580. The van der Waals surface area contributed by atoms with Gasteiger partial charge in [-0.2, -0.15) is 0 Å². The Balaban J connectivity index is 1.72. The molecule has 0 saturated heterocycles. The summed E-state index contributed by atoms with van der Waals surface area (Å²) in [6.45, 7) is 1.65. The van der Waals surface area contributed by atoms with Crippen LogP contribution in [-0.2, 0) is 4.79 Å². The van der Waals surface area contributed by atoms with Gasteiger partial charge in [0.1, 0.15) is 17.3 Å². The molecule has 30 heavy (non-hydrogen) atoms. The number of hydrogen-bond donors (Lipinski definition) is 1. The predicted molar refractivity (Wildman–Crippen MR) is 113 cm³/mol. The minimum Gasteiger partial charge on any atom is -0.497 e. The van der Waals surface area contributed by atoms with Crippen LogP contribution in [0.15, 0.2) is 58.6 Å². The van der Waals surface area contributed by atoms with Gasteiger partial charge in [0.25, 0.3) is 5.56 Å². The molecule has 7 nitrogen and oxygen atoms in total. The molecule has 1 N–H and O–H groups in total. The van der Waals surface area contributed by atoms with Gasteiger partial charge >= 0.3 is 0 Å². The van der Waals surface area contributed by atoms with Crippen LogP contribution in [0.1, 0.15) is 5.56 Å². The van der Waals surface area contributed by atoms with E-state index in [0.29, 0.717) is 28.4 Å². The van der Waals surface area contributed by atoms with E-state index in [4.69, 9.17) is 9.47 Å². The minimum atomic E-state index is -0.429. The van der Waals surface area contributed by atoms with Crippen LogP contribution in [0.3, 0.4) is 0 Å². The topological polar surface area (TPSA) is 82.5 Å². The number of rotatable bonds is 7. The van der Waals surface area contributed by atoms with Crippen LogP contribution in [0.5, 0.6) is 11.5 Å². The first-order valence-corrected chi connectivity index (χ1v) is 9.89. The number of ether oxygens (including phenoxy) is 2. The third-order valence-electron chi connectivity index (χ3n) is 4.22. The zero-order valence-corrected chi connectivity index (χ0v) is 17.5. The normalized spacial score (nSPS) is 10.5. The van der Waals surface area contributed by atoms with Gasteiger partial charge in [0, 0.05) is 36.3 Å². The second kappa shape index (κ2) is 9.45. The lowest BCUT2D eigenvalue weighted by atomic mass is 10.2. The first-order chi connectivity index (χ1) is 14.4. The van der Waals surface area contributed by atoms with Gasteiger partial charge in [-0.3, -0.25) is 14.2 Å². The summed E-state index contributed by atoms with van der Waals surface area (Å²) in [6.07, 6.45) is 2.89. The van der Waals surface area contributed by atoms with E-state index in [1.54, 1.807) is 37.3 Å². The van der Waals surface area contributed by atoms with Crippen molar-refractivity contribution in [2.45, 2.75) is 11.9 Å². The van der Waals surface area contributed by atoms with Crippen molar-refractivity contribution in [3.63, 3.8) is 0 Å². The van der Waals surface area contributed by atoms with Crippen molar-refractivity contribution in [1.29, 1.82) is 0 Å². The van der Waals surface area contributed by atoms with Crippen molar-refractivity contribution in [3.05, 3.63) is 70.5 Å². The number of hydrogen-bond acceptors (Lipinski definition) is 6. The zero-order valence-electron chi connectivity index (χ0n) is 16.6. The molecule has 0 saturated carbocycles. The highest BCUT2D eigenvalue weighted by molar-refractivity contribution is 7.99. The molecule has 0 fully saturated rings. The average Bonchev–Trinajstić information content (AvgIpc) is 2.74. The molecule has 2 aromatic carbocycles. The minimum absolute atomic E-state index is 0.0337. The lowest BCUT2D eigenvalue weighted by Gasteiger charge is -2.10. The second-order valence-corrected chi connectivity index (χ2v) is 7.24. The summed E-state index contributed by atoms with van der Waals surface area (Å²) >= 11 is 0.998. The fourth-order valence-corrected chi connectivity index (χ4v) is 3.34. The number of amides is 1. The third-order valence-corrected chi connectivity index (χ3v) is 5.18. The first-order valence-electron chi connectivity index (χ1n) is 8.91. The molecule has 156 valence electrons. The standard InChI is InChI=1S/C21H20FN3O4S/c1-13-4-5-15(10-18(13)22)25-7-6-23-20(21(25)27)30-12-19(26)24-14-8-16(28-2)11-17(9-14)29-3/h4-11H,12H2,1-3H3,(H,24,26). The van der Waals surface area contributed by atoms with Gasteiger partial charge in [-0.15, -0.1) is 0 Å². The Morgan fingerprint density at radius 2 is 1.87 bits per heavy atom. The maximum atomic E-state index is 13.9. The molecule has 0 unspecified atom stereocenters. The SMILES string of the molecule is COc1cc(NC(=O)CSc2nccn(-c3ccc(C)c(F)c3)c2=O)cc(OC)c1. The van der Waals surface area contributed by atoms with E-state index in [-0.39, 0.29) is 16.7 Å². The second-order valence-electron chi connectivity index (χ2n) is 6.28. The van der Waals surface area contributed by atoms with Crippen LogP contribution in [-0.4, -0.2) is 35.4 Å². The average molecular weight is 429 g/mol. The molecule has 0 atom stereocenters. The van der Waals surface area contributed by atoms with E-state index in [0.717, 1.165) is 11.8 Å². The van der Waals surface area contributed by atoms with E-state index >= 15 is 0 Å². The molecule has 0 aliphatic carbocycles. The van der Waals surface area contributed by atoms with Crippen LogP contribution in [0.25, 0.3) is 5.69 Å². The summed E-state index contributed by atoms with van der Waals surface area (Å²) in [4.78, 5) is 29.1. The van der Waals surface area contributed by atoms with Crippen molar-refractivity contribution in [1.82, 2.24) is 9.55 Å². The summed E-state index contributed by atoms with van der Waals surface area (Å²) in [7, 11) is 3.03. The summed E-state index contributed by atoms with van der Waals surface area (Å²) in [5.41, 5.74) is 0.952. The number of aryl methyl sites for hydroxylation is 1. The number of methoxy groups -OCH3 is 2. The summed E-state index contributed by atoms with van der Waals surface area (Å²) in [5.74, 6) is 0.311. The van der Waals surface area contributed by atoms with Crippen LogP contribution < -0.4 is 20.3 Å². The lowest BCUT2D eigenvalue weighted by Crippen LogP contribution is -2.22. The van der Waals surface area contributed by atoms with Crippen molar-refractivity contribution in [3.8, 4) is 17.2 Å². The Kier molecular flexibility index (Phi) is 6.73. The molecule has 0 bridgehead atoms. The van der Waals surface area contributed by atoms with Crippen molar-refractivity contribution >= 4 is 23.4 Å². The maximum Gasteiger partial charge on any atom is 0.287 e. The first kappa shape index (κ1) is 21.4. The molecular weight excluding hydrogens is 409 g/mol. The number of carbonyl (C=O) groups excluding carboxylic acids is 1. The molecule has 3 rings (SSSR count). The Morgan fingerprint density at radius 1 is 1.17 bits per heavy atom. The van der Waals surface area contributed by atoms with Gasteiger partial charge in [-0.25, -0.2) is 9.37 Å². The van der Waals surface area contributed by atoms with Gasteiger partial charge < -0.3 is 14.8 Å². The fourth-order valence-electron chi connectivity index (χ4n) is 2.64. The smallest absolute Gasteiger partial charge is 0.287 e. The zero-order chi connectivity index (χ0) is 21.7. The van der Waals surface area contributed by atoms with Crippen LogP contribution in [0, 0.1) is 12.7 Å². The Morgan fingerprint density at radius 3 is 2.50 bits per heavy atom. The molecule has 9 heteroatoms. The number of nitrogens with one attached hydrogen (secondary N) is 1. The lowest BCUT2D eigenvalue weighted by molar-refractivity contribution is -0.113. The highest BCUT2D eigenvalue weighted by atomic mass is 32.2. The molecule has 1 heterocycles. The van der Waals surface area contributed by atoms with Gasteiger partial charge in [0.15, 0.2) is 5.03 Å². The Labute approximate surface area is 176 Å². The Hall–Kier alpha value is -3.33. The van der Waals surface area contributed by atoms with E-state index in [1.165, 1.54) is 37.2 Å². The molecule has 0 aliphatic rings. The largest absolute Gasteiger partial charge is 0.497 e. The van der Waals surface area contributed by atoms with Gasteiger partial charge in [0.2, 0.25) is 5.91 Å². The highest BCUT2D eigenvalue weighted by Gasteiger charge is 2.12. The number of halogens is 1. The number of thioether (sulfide) groups is 1. The maximum absolute atomic E-state index is 13.9. The third kappa shape index (κ3) is 4.98. The highest BCUT2D eigenvalue weighted by Crippen LogP contribution is 2.26. The molecule has 0 spiro atoms. The van der Waals surface area contributed by atoms with Gasteiger partial charge in [-0.05, 0) is 24.6 Å². The molecule has 3 aromatic rings. The fraction of sp³-hybridized carbons (Fsp3) is 0.190. The molecular formula is C21H20FN3O4S. The Bertz CT molecular complexity index is 1110. The monoisotopic (exact) mass is 429 g/mol. The number of benzene rings is 2. The van der Waals surface area contributed by atoms with Crippen molar-refractivity contribution in [2.24, 2.45) is 0 Å². The van der Waals surface area contributed by atoms with Crippen LogP contribution in [0.2, 0.25) is 0 Å². The van der Waals surface area contributed by atoms with Gasteiger partial charge in [0.05, 0.1) is 25.7 Å². The predicted octanol–water partition coefficient (Wildman–Crippen LogP) is 3.43. The van der Waals surface area contributed by atoms with Crippen molar-refractivity contribution in [2.75, 3.05) is 25.3 Å². The molecule has 0 radical (unpaired) electrons. The van der Waals surface area contributed by atoms with Crippen molar-refractivity contribution < 1.29 is 18.7 Å². The number of aromatic nitrogens is 2. The van der Waals surface area contributed by atoms with E-state index in [9.17, 15) is 14.0 Å². The molecule has 0 aliphatic heterocycles. The number of nitrogens with zero attached hydrogens (tertiary/aromatic N) is 2. The van der Waals surface area contributed by atoms with E-state index in [2.05, 4.69) is 10.3 Å². The van der Waals surface area contributed by atoms with Crippen LogP contribution >= 0.6 is 11.8 Å². The molecule has 1 aromatic heterocycles. The van der Waals surface area contributed by atoms with E-state index < -0.39 is 11.4 Å².